The fourth-order valence-electron chi connectivity index (χ4n) is 2.57. The summed E-state index contributed by atoms with van der Waals surface area (Å²) >= 11 is 0. The Kier molecular flexibility index (Phi) is 3.74. The highest BCUT2D eigenvalue weighted by molar-refractivity contribution is 6.00. The molecule has 3 aromatic heterocycles. The van der Waals surface area contributed by atoms with Crippen molar-refractivity contribution >= 4 is 17.1 Å². The highest BCUT2D eigenvalue weighted by Gasteiger charge is 2.21. The van der Waals surface area contributed by atoms with E-state index < -0.39 is 0 Å². The molecule has 0 fully saturated rings. The number of rotatable bonds is 4. The van der Waals surface area contributed by atoms with Crippen LogP contribution in [-0.2, 0) is 6.54 Å². The van der Waals surface area contributed by atoms with Crippen molar-refractivity contribution in [2.24, 2.45) is 0 Å². The van der Waals surface area contributed by atoms with Gasteiger partial charge in [0.15, 0.2) is 11.2 Å². The van der Waals surface area contributed by atoms with Crippen LogP contribution >= 0.6 is 0 Å². The molecule has 7 heteroatoms. The molecule has 124 valence electrons. The molecule has 0 radical (unpaired) electrons. The Morgan fingerprint density at radius 1 is 1.16 bits per heavy atom. The summed E-state index contributed by atoms with van der Waals surface area (Å²) in [4.78, 5) is 21.0. The molecule has 0 spiro atoms. The molecule has 1 N–H and O–H groups in total. The maximum absolute atomic E-state index is 12.6. The number of aryl methyl sites for hydroxylation is 1. The molecule has 0 saturated carbocycles. The van der Waals surface area contributed by atoms with Gasteiger partial charge in [-0.25, -0.2) is 4.98 Å². The summed E-state index contributed by atoms with van der Waals surface area (Å²) in [7, 11) is 0. The predicted molar refractivity (Wildman–Crippen MR) is 89.7 cm³/mol. The Labute approximate surface area is 142 Å². The fraction of sp³-hybridized carbons (Fsp3) is 0.111. The van der Waals surface area contributed by atoms with Crippen molar-refractivity contribution in [3.8, 4) is 11.3 Å². The molecule has 0 bridgehead atoms. The van der Waals surface area contributed by atoms with E-state index in [4.69, 9.17) is 8.94 Å². The van der Waals surface area contributed by atoms with E-state index in [9.17, 15) is 4.79 Å². The number of pyridine rings is 1. The van der Waals surface area contributed by atoms with Crippen LogP contribution in [0.2, 0.25) is 0 Å². The van der Waals surface area contributed by atoms with Gasteiger partial charge in [0, 0.05) is 11.8 Å². The molecular weight excluding hydrogens is 320 g/mol. The Bertz CT molecular complexity index is 1000. The van der Waals surface area contributed by atoms with Crippen LogP contribution in [0.3, 0.4) is 0 Å². The molecule has 0 saturated heterocycles. The number of amides is 1. The Morgan fingerprint density at radius 2 is 2.00 bits per heavy atom. The third kappa shape index (κ3) is 2.87. The molecule has 0 aliphatic carbocycles. The molecule has 4 rings (SSSR count). The molecule has 1 aromatic carbocycles. The summed E-state index contributed by atoms with van der Waals surface area (Å²) in [5, 5.41) is 6.80. The van der Waals surface area contributed by atoms with Crippen LogP contribution in [0.15, 0.2) is 57.6 Å². The molecular formula is C18H14N4O3. The number of hydrogen-bond donors (Lipinski definition) is 1. The van der Waals surface area contributed by atoms with Crippen LogP contribution in [0.5, 0.6) is 0 Å². The van der Waals surface area contributed by atoms with E-state index in [1.165, 1.54) is 0 Å². The highest BCUT2D eigenvalue weighted by atomic mass is 16.5. The van der Waals surface area contributed by atoms with Gasteiger partial charge in [-0.15, -0.1) is 0 Å². The summed E-state index contributed by atoms with van der Waals surface area (Å²) < 4.78 is 10.8. The maximum atomic E-state index is 12.6. The molecule has 0 unspecified atom stereocenters. The van der Waals surface area contributed by atoms with Crippen molar-refractivity contribution in [3.05, 3.63) is 65.9 Å². The SMILES string of the molecule is Cc1onc(-c2ccccc2)c1C(=O)NCc1nc2ncccc2o1. The number of carbonyl (C=O) groups is 1. The Hall–Kier alpha value is -3.48. The second-order valence-electron chi connectivity index (χ2n) is 5.44. The molecule has 0 aliphatic heterocycles. The van der Waals surface area contributed by atoms with Crippen molar-refractivity contribution in [2.75, 3.05) is 0 Å². The summed E-state index contributed by atoms with van der Waals surface area (Å²) in [6, 6.07) is 13.0. The lowest BCUT2D eigenvalue weighted by atomic mass is 10.1. The number of aromatic nitrogens is 3. The molecule has 25 heavy (non-hydrogen) atoms. The lowest BCUT2D eigenvalue weighted by Gasteiger charge is -2.03. The molecule has 4 aromatic rings. The first-order valence-corrected chi connectivity index (χ1v) is 7.72. The monoisotopic (exact) mass is 334 g/mol. The number of fused-ring (bicyclic) bond motifs is 1. The Balaban J connectivity index is 1.56. The number of nitrogens with one attached hydrogen (secondary N) is 1. The van der Waals surface area contributed by atoms with Gasteiger partial charge in [-0.05, 0) is 19.1 Å². The topological polar surface area (TPSA) is 94.1 Å². The van der Waals surface area contributed by atoms with Gasteiger partial charge in [-0.2, -0.15) is 4.98 Å². The van der Waals surface area contributed by atoms with Crippen molar-refractivity contribution in [2.45, 2.75) is 13.5 Å². The number of oxazole rings is 1. The van der Waals surface area contributed by atoms with Crippen LogP contribution in [0, 0.1) is 6.92 Å². The smallest absolute Gasteiger partial charge is 0.257 e. The molecule has 7 nitrogen and oxygen atoms in total. The third-order valence-corrected chi connectivity index (χ3v) is 3.75. The second-order valence-corrected chi connectivity index (χ2v) is 5.44. The third-order valence-electron chi connectivity index (χ3n) is 3.75. The minimum atomic E-state index is -0.298. The van der Waals surface area contributed by atoms with Crippen molar-refractivity contribution in [3.63, 3.8) is 0 Å². The van der Waals surface area contributed by atoms with Gasteiger partial charge < -0.3 is 14.3 Å². The van der Waals surface area contributed by atoms with E-state index in [2.05, 4.69) is 20.4 Å². The van der Waals surface area contributed by atoms with Crippen LogP contribution in [0.4, 0.5) is 0 Å². The van der Waals surface area contributed by atoms with Gasteiger partial charge in [0.25, 0.3) is 5.91 Å². The van der Waals surface area contributed by atoms with Crippen LogP contribution < -0.4 is 5.32 Å². The van der Waals surface area contributed by atoms with Crippen LogP contribution in [0.25, 0.3) is 22.5 Å². The molecule has 3 heterocycles. The van der Waals surface area contributed by atoms with Gasteiger partial charge in [-0.3, -0.25) is 4.79 Å². The minimum absolute atomic E-state index is 0.147. The zero-order valence-corrected chi connectivity index (χ0v) is 13.4. The summed E-state index contributed by atoms with van der Waals surface area (Å²) in [6.45, 7) is 1.85. The second kappa shape index (κ2) is 6.20. The summed E-state index contributed by atoms with van der Waals surface area (Å²) in [6.07, 6.45) is 1.64. The summed E-state index contributed by atoms with van der Waals surface area (Å²) in [5.74, 6) is 0.542. The number of carbonyl (C=O) groups excluding carboxylic acids is 1. The number of benzene rings is 1. The average Bonchev–Trinajstić information content (AvgIpc) is 3.23. The van der Waals surface area contributed by atoms with E-state index >= 15 is 0 Å². The van der Waals surface area contributed by atoms with Crippen LogP contribution in [0.1, 0.15) is 22.0 Å². The van der Waals surface area contributed by atoms with Crippen molar-refractivity contribution < 1.29 is 13.7 Å². The van der Waals surface area contributed by atoms with Crippen LogP contribution in [-0.4, -0.2) is 21.0 Å². The lowest BCUT2D eigenvalue weighted by molar-refractivity contribution is 0.0946. The van der Waals surface area contributed by atoms with Crippen molar-refractivity contribution in [1.29, 1.82) is 0 Å². The van der Waals surface area contributed by atoms with E-state index in [0.717, 1.165) is 5.56 Å². The van der Waals surface area contributed by atoms with E-state index in [1.54, 1.807) is 25.3 Å². The average molecular weight is 334 g/mol. The van der Waals surface area contributed by atoms with Gasteiger partial charge in [0.1, 0.15) is 17.0 Å². The highest BCUT2D eigenvalue weighted by Crippen LogP contribution is 2.25. The van der Waals surface area contributed by atoms with Crippen molar-refractivity contribution in [1.82, 2.24) is 20.4 Å². The maximum Gasteiger partial charge on any atom is 0.257 e. The molecule has 0 aliphatic rings. The van der Waals surface area contributed by atoms with Gasteiger partial charge >= 0.3 is 0 Å². The van der Waals surface area contributed by atoms with E-state index in [1.807, 2.05) is 30.3 Å². The first kappa shape index (κ1) is 15.1. The Morgan fingerprint density at radius 3 is 2.80 bits per heavy atom. The molecule has 0 atom stereocenters. The zero-order chi connectivity index (χ0) is 17.2. The normalized spacial score (nSPS) is 10.9. The standard InChI is InChI=1S/C18H14N4O3/c1-11-15(16(22-25-11)12-6-3-2-4-7-12)18(23)20-10-14-21-17-13(24-14)8-5-9-19-17/h2-9H,10H2,1H3,(H,20,23). The summed E-state index contributed by atoms with van der Waals surface area (Å²) in [5.41, 5.74) is 2.82. The molecule has 1 amide bonds. The van der Waals surface area contributed by atoms with E-state index in [-0.39, 0.29) is 12.5 Å². The minimum Gasteiger partial charge on any atom is -0.437 e. The largest absolute Gasteiger partial charge is 0.437 e. The number of nitrogens with zero attached hydrogens (tertiary/aromatic N) is 3. The van der Waals surface area contributed by atoms with Gasteiger partial charge in [-0.1, -0.05) is 35.5 Å². The first-order valence-electron chi connectivity index (χ1n) is 7.72. The lowest BCUT2D eigenvalue weighted by Crippen LogP contribution is -2.23. The zero-order valence-electron chi connectivity index (χ0n) is 13.4. The fourth-order valence-corrected chi connectivity index (χ4v) is 2.57. The van der Waals surface area contributed by atoms with Gasteiger partial charge in [0.2, 0.25) is 5.89 Å². The quantitative estimate of drug-likeness (QED) is 0.616. The van der Waals surface area contributed by atoms with Gasteiger partial charge in [0.05, 0.1) is 6.54 Å². The number of hydrogen-bond acceptors (Lipinski definition) is 6. The predicted octanol–water partition coefficient (Wildman–Crippen LogP) is 3.12. The first-order chi connectivity index (χ1) is 12.2. The van der Waals surface area contributed by atoms with E-state index in [0.29, 0.717) is 34.1 Å².